The largest absolute Gasteiger partial charge is 0.388 e. The first kappa shape index (κ1) is 12.0. The number of allylic oxidation sites excluding steroid dienone is 1. The summed E-state index contributed by atoms with van der Waals surface area (Å²) >= 11 is 0. The van der Waals surface area contributed by atoms with Crippen molar-refractivity contribution in [2.45, 2.75) is 38.2 Å². The summed E-state index contributed by atoms with van der Waals surface area (Å²) in [5, 5.41) is 15.1. The summed E-state index contributed by atoms with van der Waals surface area (Å²) < 4.78 is 0. The van der Waals surface area contributed by atoms with Gasteiger partial charge in [-0.05, 0) is 32.6 Å². The van der Waals surface area contributed by atoms with Crippen LogP contribution >= 0.6 is 0 Å². The molecule has 1 aliphatic rings. The summed E-state index contributed by atoms with van der Waals surface area (Å²) in [5.74, 6) is 0. The van der Waals surface area contributed by atoms with Gasteiger partial charge in [0.1, 0.15) is 0 Å². The predicted octanol–water partition coefficient (Wildman–Crippen LogP) is 1.17. The van der Waals surface area contributed by atoms with Gasteiger partial charge in [-0.2, -0.15) is 0 Å². The summed E-state index contributed by atoms with van der Waals surface area (Å²) in [7, 11) is 0. The lowest BCUT2D eigenvalue weighted by molar-refractivity contribution is -0.0290. The molecule has 4 heteroatoms. The zero-order valence-electron chi connectivity index (χ0n) is 9.25. The number of hydrogen-bond donors (Lipinski definition) is 3. The Labute approximate surface area is 90.7 Å². The van der Waals surface area contributed by atoms with Crippen molar-refractivity contribution in [3.63, 3.8) is 0 Å². The van der Waals surface area contributed by atoms with Crippen molar-refractivity contribution < 1.29 is 9.90 Å². The second kappa shape index (κ2) is 5.75. The molecule has 2 amide bonds. The number of urea groups is 1. The third-order valence-corrected chi connectivity index (χ3v) is 2.69. The SMILES string of the molecule is CC=CCCNC(=O)NCC1(O)CCC1. The van der Waals surface area contributed by atoms with Gasteiger partial charge >= 0.3 is 6.03 Å². The Kier molecular flexibility index (Phi) is 4.62. The zero-order chi connectivity index (χ0) is 11.1. The van der Waals surface area contributed by atoms with E-state index in [0.29, 0.717) is 13.1 Å². The van der Waals surface area contributed by atoms with Crippen LogP contribution in [0.15, 0.2) is 12.2 Å². The molecular formula is C11H20N2O2. The zero-order valence-corrected chi connectivity index (χ0v) is 9.25. The average Bonchev–Trinajstić information content (AvgIpc) is 2.19. The number of carbonyl (C=O) groups excluding carboxylic acids is 1. The highest BCUT2D eigenvalue weighted by atomic mass is 16.3. The predicted molar refractivity (Wildman–Crippen MR) is 59.6 cm³/mol. The Morgan fingerprint density at radius 3 is 2.73 bits per heavy atom. The van der Waals surface area contributed by atoms with Crippen LogP contribution in [0, 0.1) is 0 Å². The number of nitrogens with one attached hydrogen (secondary N) is 2. The van der Waals surface area contributed by atoms with E-state index in [0.717, 1.165) is 25.7 Å². The van der Waals surface area contributed by atoms with Gasteiger partial charge in [0.05, 0.1) is 5.60 Å². The minimum Gasteiger partial charge on any atom is -0.388 e. The number of hydrogen-bond acceptors (Lipinski definition) is 2. The number of rotatable bonds is 5. The Morgan fingerprint density at radius 2 is 2.20 bits per heavy atom. The first-order chi connectivity index (χ1) is 7.16. The maximum atomic E-state index is 11.2. The molecule has 86 valence electrons. The van der Waals surface area contributed by atoms with E-state index >= 15 is 0 Å². The van der Waals surface area contributed by atoms with Crippen LogP contribution in [0.1, 0.15) is 32.6 Å². The smallest absolute Gasteiger partial charge is 0.314 e. The first-order valence-electron chi connectivity index (χ1n) is 5.51. The highest BCUT2D eigenvalue weighted by Crippen LogP contribution is 2.30. The van der Waals surface area contributed by atoms with E-state index in [1.807, 2.05) is 19.1 Å². The van der Waals surface area contributed by atoms with Crippen molar-refractivity contribution in [1.29, 1.82) is 0 Å². The van der Waals surface area contributed by atoms with Gasteiger partial charge < -0.3 is 15.7 Å². The maximum absolute atomic E-state index is 11.2. The highest BCUT2D eigenvalue weighted by Gasteiger charge is 2.34. The Hall–Kier alpha value is -1.03. The third kappa shape index (κ3) is 4.34. The lowest BCUT2D eigenvalue weighted by Crippen LogP contribution is -2.50. The summed E-state index contributed by atoms with van der Waals surface area (Å²) in [4.78, 5) is 11.2. The Balaban J connectivity index is 2.03. The fraction of sp³-hybridized carbons (Fsp3) is 0.727. The van der Waals surface area contributed by atoms with Crippen LogP contribution in [0.25, 0.3) is 0 Å². The van der Waals surface area contributed by atoms with Crippen molar-refractivity contribution in [3.8, 4) is 0 Å². The second-order valence-electron chi connectivity index (χ2n) is 4.05. The normalized spacial score (nSPS) is 18.5. The van der Waals surface area contributed by atoms with Crippen LogP contribution in [-0.2, 0) is 0 Å². The minimum absolute atomic E-state index is 0.195. The lowest BCUT2D eigenvalue weighted by atomic mass is 9.80. The molecule has 3 N–H and O–H groups in total. The summed E-state index contributed by atoms with van der Waals surface area (Å²) in [6.07, 6.45) is 7.45. The van der Waals surface area contributed by atoms with Gasteiger partial charge in [0.25, 0.3) is 0 Å². The molecule has 0 radical (unpaired) electrons. The molecule has 0 spiro atoms. The van der Waals surface area contributed by atoms with Crippen molar-refractivity contribution >= 4 is 6.03 Å². The van der Waals surface area contributed by atoms with E-state index in [4.69, 9.17) is 0 Å². The van der Waals surface area contributed by atoms with Gasteiger partial charge in [-0.3, -0.25) is 0 Å². The molecule has 15 heavy (non-hydrogen) atoms. The molecular weight excluding hydrogens is 192 g/mol. The van der Waals surface area contributed by atoms with Crippen molar-refractivity contribution in [2.75, 3.05) is 13.1 Å². The van der Waals surface area contributed by atoms with Crippen molar-refractivity contribution in [3.05, 3.63) is 12.2 Å². The third-order valence-electron chi connectivity index (χ3n) is 2.69. The standard InChI is InChI=1S/C11H20N2O2/c1-2-3-4-8-12-10(14)13-9-11(15)6-5-7-11/h2-3,15H,4-9H2,1H3,(H2,12,13,14). The summed E-state index contributed by atoms with van der Waals surface area (Å²) in [5.41, 5.74) is -0.638. The van der Waals surface area contributed by atoms with Gasteiger partial charge in [-0.1, -0.05) is 12.2 Å². The molecule has 1 aliphatic carbocycles. The average molecular weight is 212 g/mol. The quantitative estimate of drug-likeness (QED) is 0.473. The monoisotopic (exact) mass is 212 g/mol. The molecule has 4 nitrogen and oxygen atoms in total. The van der Waals surface area contributed by atoms with E-state index < -0.39 is 5.60 Å². The summed E-state index contributed by atoms with van der Waals surface area (Å²) in [6.45, 7) is 2.95. The lowest BCUT2D eigenvalue weighted by Gasteiger charge is -2.36. The molecule has 1 fully saturated rings. The van der Waals surface area contributed by atoms with Gasteiger partial charge in [0.15, 0.2) is 0 Å². The molecule has 0 aromatic rings. The number of aliphatic hydroxyl groups is 1. The van der Waals surface area contributed by atoms with Crippen molar-refractivity contribution in [2.24, 2.45) is 0 Å². The van der Waals surface area contributed by atoms with E-state index in [1.165, 1.54) is 0 Å². The maximum Gasteiger partial charge on any atom is 0.314 e. The molecule has 0 aliphatic heterocycles. The van der Waals surface area contributed by atoms with E-state index in [1.54, 1.807) is 0 Å². The molecule has 0 unspecified atom stereocenters. The van der Waals surface area contributed by atoms with Crippen LogP contribution in [0.2, 0.25) is 0 Å². The highest BCUT2D eigenvalue weighted by molar-refractivity contribution is 5.73. The van der Waals surface area contributed by atoms with Gasteiger partial charge in [-0.25, -0.2) is 4.79 Å². The summed E-state index contributed by atoms with van der Waals surface area (Å²) in [6, 6.07) is -0.195. The fourth-order valence-electron chi connectivity index (χ4n) is 1.50. The van der Waals surface area contributed by atoms with E-state index in [-0.39, 0.29) is 6.03 Å². The molecule has 0 aromatic heterocycles. The number of amides is 2. The molecule has 1 saturated carbocycles. The molecule has 0 heterocycles. The molecule has 1 rings (SSSR count). The second-order valence-corrected chi connectivity index (χ2v) is 4.05. The Morgan fingerprint density at radius 1 is 1.47 bits per heavy atom. The minimum atomic E-state index is -0.638. The molecule has 0 bridgehead atoms. The molecule has 0 aromatic carbocycles. The van der Waals surface area contributed by atoms with Crippen molar-refractivity contribution in [1.82, 2.24) is 10.6 Å². The van der Waals surface area contributed by atoms with Gasteiger partial charge in [-0.15, -0.1) is 0 Å². The van der Waals surface area contributed by atoms with Gasteiger partial charge in [0, 0.05) is 13.1 Å². The van der Waals surface area contributed by atoms with Crippen LogP contribution < -0.4 is 10.6 Å². The van der Waals surface area contributed by atoms with E-state index in [2.05, 4.69) is 10.6 Å². The Bertz CT molecular complexity index is 235. The molecule has 0 atom stereocenters. The van der Waals surface area contributed by atoms with Gasteiger partial charge in [0.2, 0.25) is 0 Å². The van der Waals surface area contributed by atoms with E-state index in [9.17, 15) is 9.90 Å². The first-order valence-corrected chi connectivity index (χ1v) is 5.51. The topological polar surface area (TPSA) is 61.4 Å². The van der Waals surface area contributed by atoms with Crippen LogP contribution in [0.3, 0.4) is 0 Å². The van der Waals surface area contributed by atoms with Crippen LogP contribution in [0.5, 0.6) is 0 Å². The fourth-order valence-corrected chi connectivity index (χ4v) is 1.50. The van der Waals surface area contributed by atoms with Crippen LogP contribution in [0.4, 0.5) is 4.79 Å². The van der Waals surface area contributed by atoms with Crippen LogP contribution in [-0.4, -0.2) is 29.8 Å². The number of carbonyl (C=O) groups is 1. The molecule has 0 saturated heterocycles.